The molecule has 86 valence electrons. The summed E-state index contributed by atoms with van der Waals surface area (Å²) in [7, 11) is 1.86. The summed E-state index contributed by atoms with van der Waals surface area (Å²) in [6, 6.07) is 3.79. The molecule has 16 heavy (non-hydrogen) atoms. The van der Waals surface area contributed by atoms with Gasteiger partial charge in [0.15, 0.2) is 0 Å². The van der Waals surface area contributed by atoms with Crippen LogP contribution in [0.3, 0.4) is 0 Å². The van der Waals surface area contributed by atoms with Gasteiger partial charge in [-0.3, -0.25) is 0 Å². The molecule has 3 heteroatoms. The third-order valence-corrected chi connectivity index (χ3v) is 3.17. The molecule has 1 aliphatic carbocycles. The Kier molecular flexibility index (Phi) is 3.06. The Bertz CT molecular complexity index is 384. The average Bonchev–Trinajstić information content (AvgIpc) is 2.66. The molecule has 1 aromatic carbocycles. The van der Waals surface area contributed by atoms with Crippen molar-refractivity contribution in [3.05, 3.63) is 47.5 Å². The van der Waals surface area contributed by atoms with Crippen molar-refractivity contribution in [3.8, 4) is 0 Å². The Morgan fingerprint density at radius 1 is 1.12 bits per heavy atom. The fraction of sp³-hybridized carbons (Fsp3) is 0.385. The summed E-state index contributed by atoms with van der Waals surface area (Å²) < 4.78 is 26.4. The maximum Gasteiger partial charge on any atom is 0.126 e. The van der Waals surface area contributed by atoms with Crippen LogP contribution in [0.5, 0.6) is 0 Å². The predicted octanol–water partition coefficient (Wildman–Crippen LogP) is 2.77. The maximum absolute atomic E-state index is 13.2. The van der Waals surface area contributed by atoms with Gasteiger partial charge in [-0.25, -0.2) is 8.78 Å². The molecule has 1 N–H and O–H groups in total. The minimum Gasteiger partial charge on any atom is -0.319 e. The van der Waals surface area contributed by atoms with Gasteiger partial charge in [0.25, 0.3) is 0 Å². The van der Waals surface area contributed by atoms with E-state index in [0.717, 1.165) is 31.0 Å². The smallest absolute Gasteiger partial charge is 0.126 e. The lowest BCUT2D eigenvalue weighted by Crippen LogP contribution is -2.34. The molecule has 0 amide bonds. The van der Waals surface area contributed by atoms with E-state index in [0.29, 0.717) is 0 Å². The van der Waals surface area contributed by atoms with Gasteiger partial charge in [-0.05, 0) is 37.6 Å². The summed E-state index contributed by atoms with van der Waals surface area (Å²) in [6.07, 6.45) is 5.80. The summed E-state index contributed by atoms with van der Waals surface area (Å²) in [5, 5.41) is 3.10. The largest absolute Gasteiger partial charge is 0.319 e. The van der Waals surface area contributed by atoms with Crippen LogP contribution in [0.25, 0.3) is 0 Å². The van der Waals surface area contributed by atoms with Crippen molar-refractivity contribution in [1.29, 1.82) is 0 Å². The number of halogens is 2. The lowest BCUT2D eigenvalue weighted by Gasteiger charge is -2.29. The van der Waals surface area contributed by atoms with Crippen molar-refractivity contribution < 1.29 is 8.78 Å². The summed E-state index contributed by atoms with van der Waals surface area (Å²) in [4.78, 5) is 0. The second-order valence-corrected chi connectivity index (χ2v) is 4.35. The molecule has 0 fully saturated rings. The predicted molar refractivity (Wildman–Crippen MR) is 60.3 cm³/mol. The Labute approximate surface area is 94.2 Å². The maximum atomic E-state index is 13.2. The quantitative estimate of drug-likeness (QED) is 0.777. The number of benzene rings is 1. The highest BCUT2D eigenvalue weighted by molar-refractivity contribution is 5.32. The zero-order valence-electron chi connectivity index (χ0n) is 9.26. The molecule has 2 rings (SSSR count). The number of nitrogens with one attached hydrogen (secondary N) is 1. The van der Waals surface area contributed by atoms with Crippen LogP contribution in [-0.2, 0) is 5.41 Å². The molecule has 0 spiro atoms. The van der Waals surface area contributed by atoms with E-state index in [1.54, 1.807) is 0 Å². The van der Waals surface area contributed by atoms with Crippen LogP contribution in [-0.4, -0.2) is 13.6 Å². The van der Waals surface area contributed by atoms with E-state index < -0.39 is 11.6 Å². The molecule has 0 saturated carbocycles. The van der Waals surface area contributed by atoms with Crippen LogP contribution < -0.4 is 5.32 Å². The normalized spacial score (nSPS) is 17.9. The highest BCUT2D eigenvalue weighted by Crippen LogP contribution is 2.37. The third kappa shape index (κ3) is 2.00. The number of hydrogen-bond acceptors (Lipinski definition) is 1. The number of rotatable bonds is 3. The molecule has 1 nitrogen and oxygen atoms in total. The fourth-order valence-corrected chi connectivity index (χ4v) is 2.38. The van der Waals surface area contributed by atoms with Crippen LogP contribution in [0.2, 0.25) is 0 Å². The zero-order chi connectivity index (χ0) is 11.6. The first-order chi connectivity index (χ1) is 7.66. The van der Waals surface area contributed by atoms with Crippen LogP contribution in [0.1, 0.15) is 18.4 Å². The van der Waals surface area contributed by atoms with Crippen molar-refractivity contribution in [1.82, 2.24) is 5.32 Å². The molecule has 0 radical (unpaired) electrons. The molecule has 0 aliphatic heterocycles. The number of hydrogen-bond donors (Lipinski definition) is 1. The van der Waals surface area contributed by atoms with Crippen molar-refractivity contribution in [2.24, 2.45) is 0 Å². The average molecular weight is 223 g/mol. The van der Waals surface area contributed by atoms with Gasteiger partial charge in [0.05, 0.1) is 0 Å². The third-order valence-electron chi connectivity index (χ3n) is 3.17. The summed E-state index contributed by atoms with van der Waals surface area (Å²) in [5.74, 6) is -1.00. The van der Waals surface area contributed by atoms with Gasteiger partial charge < -0.3 is 5.32 Å². The molecular formula is C13H15F2N. The summed E-state index contributed by atoms with van der Waals surface area (Å²) in [6.45, 7) is 0.725. The van der Waals surface area contributed by atoms with E-state index >= 15 is 0 Å². The Morgan fingerprint density at radius 2 is 1.69 bits per heavy atom. The SMILES string of the molecule is CNCC1(c2cc(F)cc(F)c2)CC=CC1. The van der Waals surface area contributed by atoms with Crippen molar-refractivity contribution in [2.45, 2.75) is 18.3 Å². The summed E-state index contributed by atoms with van der Waals surface area (Å²) >= 11 is 0. The number of likely N-dealkylation sites (N-methyl/N-ethyl adjacent to an activating group) is 1. The molecule has 0 bridgehead atoms. The summed E-state index contributed by atoms with van der Waals surface area (Å²) in [5.41, 5.74) is 0.557. The molecule has 0 atom stereocenters. The van der Waals surface area contributed by atoms with Gasteiger partial charge in [-0.15, -0.1) is 0 Å². The standard InChI is InChI=1S/C13H15F2N/c1-16-9-13(4-2-3-5-13)10-6-11(14)8-12(15)7-10/h2-3,6-8,16H,4-5,9H2,1H3. The molecule has 0 saturated heterocycles. The molecule has 1 aliphatic rings. The van der Waals surface area contributed by atoms with Gasteiger partial charge >= 0.3 is 0 Å². The van der Waals surface area contributed by atoms with Crippen LogP contribution in [0.4, 0.5) is 8.78 Å². The number of allylic oxidation sites excluding steroid dienone is 2. The zero-order valence-corrected chi connectivity index (χ0v) is 9.26. The Morgan fingerprint density at radius 3 is 2.19 bits per heavy atom. The Balaban J connectivity index is 2.39. The molecule has 0 heterocycles. The van der Waals surface area contributed by atoms with E-state index in [9.17, 15) is 8.78 Å². The van der Waals surface area contributed by atoms with E-state index in [-0.39, 0.29) is 5.41 Å². The van der Waals surface area contributed by atoms with Gasteiger partial charge in [0.2, 0.25) is 0 Å². The lowest BCUT2D eigenvalue weighted by atomic mass is 9.78. The first kappa shape index (κ1) is 11.3. The fourth-order valence-electron chi connectivity index (χ4n) is 2.38. The Hall–Kier alpha value is -1.22. The van der Waals surface area contributed by atoms with E-state index in [2.05, 4.69) is 17.5 Å². The van der Waals surface area contributed by atoms with Crippen LogP contribution >= 0.6 is 0 Å². The molecule has 1 aromatic rings. The molecule has 0 unspecified atom stereocenters. The minimum absolute atomic E-state index is 0.183. The first-order valence-electron chi connectivity index (χ1n) is 5.42. The van der Waals surface area contributed by atoms with Gasteiger partial charge in [-0.1, -0.05) is 12.2 Å². The second kappa shape index (κ2) is 4.34. The molecule has 0 aromatic heterocycles. The minimum atomic E-state index is -0.502. The van der Waals surface area contributed by atoms with E-state index in [4.69, 9.17) is 0 Å². The van der Waals surface area contributed by atoms with Crippen molar-refractivity contribution in [2.75, 3.05) is 13.6 Å². The monoisotopic (exact) mass is 223 g/mol. The van der Waals surface area contributed by atoms with Crippen LogP contribution in [0.15, 0.2) is 30.4 Å². The van der Waals surface area contributed by atoms with Gasteiger partial charge in [0, 0.05) is 18.0 Å². The highest BCUT2D eigenvalue weighted by Gasteiger charge is 2.32. The highest BCUT2D eigenvalue weighted by atomic mass is 19.1. The topological polar surface area (TPSA) is 12.0 Å². The van der Waals surface area contributed by atoms with E-state index in [1.165, 1.54) is 12.1 Å². The second-order valence-electron chi connectivity index (χ2n) is 4.35. The van der Waals surface area contributed by atoms with Crippen LogP contribution in [0, 0.1) is 11.6 Å². The lowest BCUT2D eigenvalue weighted by molar-refractivity contribution is 0.429. The van der Waals surface area contributed by atoms with Crippen molar-refractivity contribution in [3.63, 3.8) is 0 Å². The first-order valence-corrected chi connectivity index (χ1v) is 5.42. The van der Waals surface area contributed by atoms with Gasteiger partial charge in [0.1, 0.15) is 11.6 Å². The molecular weight excluding hydrogens is 208 g/mol. The van der Waals surface area contributed by atoms with Crippen molar-refractivity contribution >= 4 is 0 Å². The van der Waals surface area contributed by atoms with Gasteiger partial charge in [-0.2, -0.15) is 0 Å². The van der Waals surface area contributed by atoms with E-state index in [1.807, 2.05) is 7.05 Å².